The first-order valence-corrected chi connectivity index (χ1v) is 6.91. The third-order valence-corrected chi connectivity index (χ3v) is 3.43. The van der Waals surface area contributed by atoms with Crippen molar-refractivity contribution in [2.75, 3.05) is 13.2 Å². The van der Waals surface area contributed by atoms with Crippen molar-refractivity contribution in [3.05, 3.63) is 39.7 Å². The summed E-state index contributed by atoms with van der Waals surface area (Å²) in [7, 11) is 0. The molecule has 1 fully saturated rings. The minimum atomic E-state index is -0.696. The number of ether oxygens (including phenoxy) is 1. The van der Waals surface area contributed by atoms with Gasteiger partial charge in [0.1, 0.15) is 11.4 Å². The smallest absolute Gasteiger partial charge is 0.282 e. The summed E-state index contributed by atoms with van der Waals surface area (Å²) in [5.41, 5.74) is -0.660. The van der Waals surface area contributed by atoms with Crippen LogP contribution in [0.4, 0.5) is 10.1 Å². The zero-order valence-corrected chi connectivity index (χ0v) is 11.5. The molecule has 0 spiro atoms. The first kappa shape index (κ1) is 15.4. The molecule has 1 N–H and O–H groups in total. The number of benzene rings is 1. The normalized spacial score (nSPS) is 18.2. The van der Waals surface area contributed by atoms with Crippen molar-refractivity contribution in [1.82, 2.24) is 5.32 Å². The van der Waals surface area contributed by atoms with Gasteiger partial charge < -0.3 is 10.1 Å². The third kappa shape index (κ3) is 4.22. The lowest BCUT2D eigenvalue weighted by Crippen LogP contribution is -2.29. The monoisotopic (exact) mass is 296 g/mol. The molecule has 1 heterocycles. The SMILES string of the molecule is O=C(NCCC1CCCCO1)c1cc(F)ccc1[N+](=O)[O-]. The van der Waals surface area contributed by atoms with Gasteiger partial charge in [0, 0.05) is 19.2 Å². The van der Waals surface area contributed by atoms with Gasteiger partial charge in [-0.25, -0.2) is 4.39 Å². The number of hydrogen-bond acceptors (Lipinski definition) is 4. The van der Waals surface area contributed by atoms with E-state index in [0.29, 0.717) is 13.0 Å². The van der Waals surface area contributed by atoms with Gasteiger partial charge in [-0.05, 0) is 37.8 Å². The average Bonchev–Trinajstić information content (AvgIpc) is 2.47. The quantitative estimate of drug-likeness (QED) is 0.668. The summed E-state index contributed by atoms with van der Waals surface area (Å²) in [6, 6.07) is 2.84. The highest BCUT2D eigenvalue weighted by atomic mass is 19.1. The average molecular weight is 296 g/mol. The van der Waals surface area contributed by atoms with E-state index in [4.69, 9.17) is 4.74 Å². The van der Waals surface area contributed by atoms with Crippen LogP contribution in [0.2, 0.25) is 0 Å². The lowest BCUT2D eigenvalue weighted by molar-refractivity contribution is -0.385. The number of nitro benzene ring substituents is 1. The van der Waals surface area contributed by atoms with Crippen molar-refractivity contribution in [1.29, 1.82) is 0 Å². The minimum absolute atomic E-state index is 0.113. The molecule has 7 heteroatoms. The summed E-state index contributed by atoms with van der Waals surface area (Å²) in [6.07, 6.45) is 3.87. The van der Waals surface area contributed by atoms with Crippen LogP contribution in [0.25, 0.3) is 0 Å². The zero-order valence-electron chi connectivity index (χ0n) is 11.5. The van der Waals surface area contributed by atoms with Crippen LogP contribution in [0.15, 0.2) is 18.2 Å². The number of nitro groups is 1. The molecule has 0 radical (unpaired) electrons. The maximum absolute atomic E-state index is 13.2. The molecule has 2 rings (SSSR count). The Morgan fingerprint density at radius 3 is 2.95 bits per heavy atom. The van der Waals surface area contributed by atoms with Crippen LogP contribution >= 0.6 is 0 Å². The standard InChI is InChI=1S/C14H17FN2O4/c15-10-4-5-13(17(19)20)12(9-10)14(18)16-7-6-11-3-1-2-8-21-11/h4-5,9,11H,1-3,6-8H2,(H,16,18). The molecular formula is C14H17FN2O4. The molecule has 0 aromatic heterocycles. The van der Waals surface area contributed by atoms with Crippen LogP contribution in [0.3, 0.4) is 0 Å². The van der Waals surface area contributed by atoms with Crippen LogP contribution in [-0.2, 0) is 4.74 Å². The number of halogens is 1. The number of rotatable bonds is 5. The molecule has 1 aromatic rings. The topological polar surface area (TPSA) is 81.5 Å². The second-order valence-electron chi connectivity index (χ2n) is 4.95. The van der Waals surface area contributed by atoms with Gasteiger partial charge >= 0.3 is 0 Å². The van der Waals surface area contributed by atoms with Gasteiger partial charge in [-0.3, -0.25) is 14.9 Å². The molecule has 114 valence electrons. The maximum atomic E-state index is 13.2. The lowest BCUT2D eigenvalue weighted by atomic mass is 10.1. The van der Waals surface area contributed by atoms with Crippen molar-refractivity contribution in [3.8, 4) is 0 Å². The third-order valence-electron chi connectivity index (χ3n) is 3.43. The molecule has 0 aliphatic carbocycles. The summed E-state index contributed by atoms with van der Waals surface area (Å²) in [6.45, 7) is 1.07. The zero-order chi connectivity index (χ0) is 15.2. The van der Waals surface area contributed by atoms with Crippen molar-refractivity contribution >= 4 is 11.6 Å². The maximum Gasteiger partial charge on any atom is 0.282 e. The Morgan fingerprint density at radius 2 is 2.29 bits per heavy atom. The van der Waals surface area contributed by atoms with E-state index in [2.05, 4.69) is 5.32 Å². The van der Waals surface area contributed by atoms with Crippen LogP contribution < -0.4 is 5.32 Å². The van der Waals surface area contributed by atoms with Crippen molar-refractivity contribution in [2.24, 2.45) is 0 Å². The van der Waals surface area contributed by atoms with Crippen molar-refractivity contribution in [3.63, 3.8) is 0 Å². The van der Waals surface area contributed by atoms with E-state index in [1.165, 1.54) is 0 Å². The second kappa shape index (κ2) is 7.12. The van der Waals surface area contributed by atoms with Gasteiger partial charge in [0.05, 0.1) is 11.0 Å². The van der Waals surface area contributed by atoms with E-state index < -0.39 is 22.3 Å². The second-order valence-corrected chi connectivity index (χ2v) is 4.95. The Balaban J connectivity index is 1.93. The summed E-state index contributed by atoms with van der Waals surface area (Å²) in [4.78, 5) is 22.1. The Morgan fingerprint density at radius 1 is 1.48 bits per heavy atom. The molecule has 1 aliphatic rings. The molecule has 1 aromatic carbocycles. The van der Waals surface area contributed by atoms with Gasteiger partial charge in [-0.2, -0.15) is 0 Å². The Hall–Kier alpha value is -2.02. The van der Waals surface area contributed by atoms with Gasteiger partial charge in [0.15, 0.2) is 0 Å². The summed E-state index contributed by atoms with van der Waals surface area (Å²) in [5.74, 6) is -1.32. The molecule has 21 heavy (non-hydrogen) atoms. The Kier molecular flexibility index (Phi) is 5.21. The van der Waals surface area contributed by atoms with E-state index in [0.717, 1.165) is 44.1 Å². The van der Waals surface area contributed by atoms with Crippen LogP contribution in [-0.4, -0.2) is 30.1 Å². The molecule has 1 unspecified atom stereocenters. The van der Waals surface area contributed by atoms with Crippen molar-refractivity contribution < 1.29 is 18.8 Å². The van der Waals surface area contributed by atoms with Crippen LogP contribution in [0.5, 0.6) is 0 Å². The summed E-state index contributed by atoms with van der Waals surface area (Å²) in [5, 5.41) is 13.4. The Labute approximate surface area is 121 Å². The fourth-order valence-electron chi connectivity index (χ4n) is 2.33. The van der Waals surface area contributed by atoms with Gasteiger partial charge in [-0.15, -0.1) is 0 Å². The number of nitrogens with one attached hydrogen (secondary N) is 1. The van der Waals surface area contributed by atoms with Crippen LogP contribution in [0, 0.1) is 15.9 Å². The number of carbonyl (C=O) groups is 1. The number of amides is 1. The largest absolute Gasteiger partial charge is 0.378 e. The minimum Gasteiger partial charge on any atom is -0.378 e. The van der Waals surface area contributed by atoms with Gasteiger partial charge in [0.2, 0.25) is 0 Å². The molecule has 1 aliphatic heterocycles. The Bertz CT molecular complexity index is 530. The fraction of sp³-hybridized carbons (Fsp3) is 0.500. The lowest BCUT2D eigenvalue weighted by Gasteiger charge is -2.22. The number of nitrogens with zero attached hydrogens (tertiary/aromatic N) is 1. The van der Waals surface area contributed by atoms with E-state index in [-0.39, 0.29) is 11.7 Å². The van der Waals surface area contributed by atoms with E-state index in [1.54, 1.807) is 0 Å². The summed E-state index contributed by atoms with van der Waals surface area (Å²) >= 11 is 0. The van der Waals surface area contributed by atoms with E-state index >= 15 is 0 Å². The van der Waals surface area contributed by atoms with E-state index in [9.17, 15) is 19.3 Å². The fourth-order valence-corrected chi connectivity index (χ4v) is 2.33. The highest BCUT2D eigenvalue weighted by Crippen LogP contribution is 2.19. The number of hydrogen-bond donors (Lipinski definition) is 1. The first-order chi connectivity index (χ1) is 10.1. The van der Waals surface area contributed by atoms with Gasteiger partial charge in [-0.1, -0.05) is 0 Å². The molecular weight excluding hydrogens is 279 g/mol. The van der Waals surface area contributed by atoms with Gasteiger partial charge in [0.25, 0.3) is 11.6 Å². The predicted octanol–water partition coefficient (Wildman–Crippen LogP) is 2.42. The van der Waals surface area contributed by atoms with Crippen molar-refractivity contribution in [2.45, 2.75) is 31.8 Å². The predicted molar refractivity (Wildman–Crippen MR) is 73.6 cm³/mol. The number of carbonyl (C=O) groups excluding carboxylic acids is 1. The van der Waals surface area contributed by atoms with E-state index in [1.807, 2.05) is 0 Å². The summed E-state index contributed by atoms with van der Waals surface area (Å²) < 4.78 is 18.7. The molecule has 0 saturated carbocycles. The molecule has 0 bridgehead atoms. The van der Waals surface area contributed by atoms with Crippen LogP contribution in [0.1, 0.15) is 36.0 Å². The highest BCUT2D eigenvalue weighted by molar-refractivity contribution is 5.98. The molecule has 1 atom stereocenters. The first-order valence-electron chi connectivity index (χ1n) is 6.91. The molecule has 1 saturated heterocycles. The molecule has 6 nitrogen and oxygen atoms in total. The highest BCUT2D eigenvalue weighted by Gasteiger charge is 2.21. The molecule has 1 amide bonds.